The molecule has 0 aromatic heterocycles. The van der Waals surface area contributed by atoms with Crippen molar-refractivity contribution in [3.8, 4) is 0 Å². The normalized spacial score (nSPS) is 11.0. The van der Waals surface area contributed by atoms with Crippen molar-refractivity contribution in [3.05, 3.63) is 53.6 Å². The summed E-state index contributed by atoms with van der Waals surface area (Å²) in [7, 11) is 0. The molecule has 0 aliphatic rings. The van der Waals surface area contributed by atoms with Gasteiger partial charge in [0.25, 0.3) is 0 Å². The van der Waals surface area contributed by atoms with Crippen LogP contribution in [0.4, 0.5) is 30.2 Å². The van der Waals surface area contributed by atoms with Crippen LogP contribution in [-0.4, -0.2) is 18.4 Å². The summed E-state index contributed by atoms with van der Waals surface area (Å²) in [6.45, 7) is 3.28. The lowest BCUT2D eigenvalue weighted by Crippen LogP contribution is -2.24. The minimum atomic E-state index is -4.56. The van der Waals surface area contributed by atoms with Crippen LogP contribution in [0.25, 0.3) is 0 Å². The first-order valence-electron chi connectivity index (χ1n) is 8.31. The summed E-state index contributed by atoms with van der Waals surface area (Å²) >= 11 is 0. The van der Waals surface area contributed by atoms with E-state index in [1.807, 2.05) is 0 Å². The molecule has 2 aromatic carbocycles. The van der Waals surface area contributed by atoms with Crippen molar-refractivity contribution in [3.63, 3.8) is 0 Å². The minimum Gasteiger partial charge on any atom is -0.376 e. The number of carbonyl (C=O) groups excluding carboxylic acids is 2. The third-order valence-corrected chi connectivity index (χ3v) is 3.87. The van der Waals surface area contributed by atoms with Gasteiger partial charge in [-0.25, -0.2) is 0 Å². The maximum Gasteiger partial charge on any atom is 0.418 e. The molecule has 0 fully saturated rings. The Kier molecular flexibility index (Phi) is 6.44. The molecule has 0 aliphatic carbocycles. The largest absolute Gasteiger partial charge is 0.418 e. The second-order valence-corrected chi connectivity index (χ2v) is 5.82. The smallest absolute Gasteiger partial charge is 0.376 e. The van der Waals surface area contributed by atoms with Gasteiger partial charge in [0.05, 0.1) is 17.8 Å². The van der Waals surface area contributed by atoms with Gasteiger partial charge in [-0.05, 0) is 36.8 Å². The predicted octanol–water partition coefficient (Wildman–Crippen LogP) is 4.41. The number of carbonyl (C=O) groups is 2. The molecule has 3 N–H and O–H groups in total. The summed E-state index contributed by atoms with van der Waals surface area (Å²) in [5.74, 6) is -0.758. The molecule has 0 radical (unpaired) electrons. The van der Waals surface area contributed by atoms with E-state index in [4.69, 9.17) is 0 Å². The van der Waals surface area contributed by atoms with E-state index in [1.165, 1.54) is 18.2 Å². The van der Waals surface area contributed by atoms with Crippen LogP contribution >= 0.6 is 0 Å². The van der Waals surface area contributed by atoms with Gasteiger partial charge < -0.3 is 16.0 Å². The molecule has 0 unspecified atom stereocenters. The van der Waals surface area contributed by atoms with Crippen LogP contribution in [0, 0.1) is 6.92 Å². The second kappa shape index (κ2) is 8.57. The van der Waals surface area contributed by atoms with Gasteiger partial charge in [-0.15, -0.1) is 0 Å². The fraction of sp³-hybridized carbons (Fsp3) is 0.263. The lowest BCUT2D eigenvalue weighted by molar-refractivity contribution is -0.137. The van der Waals surface area contributed by atoms with Gasteiger partial charge >= 0.3 is 6.18 Å². The summed E-state index contributed by atoms with van der Waals surface area (Å²) in [5, 5.41) is 7.90. The molecule has 0 bridgehead atoms. The van der Waals surface area contributed by atoms with Crippen LogP contribution in [0.15, 0.2) is 42.5 Å². The quantitative estimate of drug-likeness (QED) is 0.696. The Labute approximate surface area is 155 Å². The Morgan fingerprint density at radius 2 is 1.48 bits per heavy atom. The molecule has 2 rings (SSSR count). The van der Waals surface area contributed by atoms with Gasteiger partial charge in [0.15, 0.2) is 0 Å². The zero-order valence-corrected chi connectivity index (χ0v) is 14.9. The van der Waals surface area contributed by atoms with Crippen LogP contribution in [0.3, 0.4) is 0 Å². The van der Waals surface area contributed by atoms with Crippen molar-refractivity contribution in [1.82, 2.24) is 0 Å². The molecule has 0 saturated carbocycles. The van der Waals surface area contributed by atoms with Crippen molar-refractivity contribution >= 4 is 28.9 Å². The number of anilines is 3. The maximum absolute atomic E-state index is 13.0. The van der Waals surface area contributed by atoms with E-state index in [2.05, 4.69) is 16.0 Å². The standard InChI is InChI=1S/C19H20F3N3O2/c1-3-17(26)24-15-10-6-9-14(12(15)2)23-11-18(27)25-16-8-5-4-7-13(16)19(20,21)22/h4-10,23H,3,11H2,1-2H3,(H,24,26)(H,25,27). The number of hydrogen-bond acceptors (Lipinski definition) is 3. The molecule has 2 amide bonds. The molecule has 0 heterocycles. The summed E-state index contributed by atoms with van der Waals surface area (Å²) in [5.41, 5.74) is 0.733. The summed E-state index contributed by atoms with van der Waals surface area (Å²) in [6, 6.07) is 9.94. The van der Waals surface area contributed by atoms with Crippen LogP contribution < -0.4 is 16.0 Å². The first-order valence-corrected chi connectivity index (χ1v) is 8.31. The average molecular weight is 379 g/mol. The van der Waals surface area contributed by atoms with E-state index in [1.54, 1.807) is 32.0 Å². The molecule has 144 valence electrons. The lowest BCUT2D eigenvalue weighted by atomic mass is 10.1. The molecule has 5 nitrogen and oxygen atoms in total. The van der Waals surface area contributed by atoms with Crippen LogP contribution in [0.1, 0.15) is 24.5 Å². The molecule has 2 aromatic rings. The Bertz CT molecular complexity index is 835. The van der Waals surface area contributed by atoms with E-state index in [-0.39, 0.29) is 18.1 Å². The number of nitrogens with one attached hydrogen (secondary N) is 3. The molecule has 0 saturated heterocycles. The zero-order valence-electron chi connectivity index (χ0n) is 14.9. The zero-order chi connectivity index (χ0) is 20.0. The van der Waals surface area contributed by atoms with Crippen LogP contribution in [-0.2, 0) is 15.8 Å². The number of hydrogen-bond donors (Lipinski definition) is 3. The third kappa shape index (κ3) is 5.47. The molecule has 0 atom stereocenters. The number of amides is 2. The van der Waals surface area contributed by atoms with Gasteiger partial charge in [0.2, 0.25) is 11.8 Å². The van der Waals surface area contributed by atoms with E-state index in [0.717, 1.165) is 11.6 Å². The van der Waals surface area contributed by atoms with E-state index < -0.39 is 17.6 Å². The van der Waals surface area contributed by atoms with Gasteiger partial charge in [0.1, 0.15) is 0 Å². The number of rotatable bonds is 6. The Morgan fingerprint density at radius 1 is 0.889 bits per heavy atom. The van der Waals surface area contributed by atoms with Gasteiger partial charge in [-0.1, -0.05) is 25.1 Å². The number of halogens is 3. The Morgan fingerprint density at radius 3 is 2.15 bits per heavy atom. The first kappa shape index (κ1) is 20.3. The topological polar surface area (TPSA) is 70.2 Å². The van der Waals surface area contributed by atoms with Gasteiger partial charge in [0, 0.05) is 17.8 Å². The third-order valence-electron chi connectivity index (χ3n) is 3.87. The number of alkyl halides is 3. The predicted molar refractivity (Wildman–Crippen MR) is 98.7 cm³/mol. The average Bonchev–Trinajstić information content (AvgIpc) is 2.62. The summed E-state index contributed by atoms with van der Waals surface area (Å²) in [4.78, 5) is 23.6. The fourth-order valence-electron chi connectivity index (χ4n) is 2.41. The van der Waals surface area contributed by atoms with Crippen molar-refractivity contribution in [1.29, 1.82) is 0 Å². The second-order valence-electron chi connectivity index (χ2n) is 5.82. The van der Waals surface area contributed by atoms with Crippen LogP contribution in [0.2, 0.25) is 0 Å². The summed E-state index contributed by atoms with van der Waals surface area (Å²) in [6.07, 6.45) is -4.22. The highest BCUT2D eigenvalue weighted by atomic mass is 19.4. The summed E-state index contributed by atoms with van der Waals surface area (Å²) < 4.78 is 38.9. The lowest BCUT2D eigenvalue weighted by Gasteiger charge is -2.15. The highest BCUT2D eigenvalue weighted by molar-refractivity contribution is 5.95. The first-order chi connectivity index (χ1) is 12.7. The highest BCUT2D eigenvalue weighted by Gasteiger charge is 2.33. The molecular weight excluding hydrogens is 359 g/mol. The van der Waals surface area contributed by atoms with Gasteiger partial charge in [-0.3, -0.25) is 9.59 Å². The van der Waals surface area contributed by atoms with Crippen LogP contribution in [0.5, 0.6) is 0 Å². The van der Waals surface area contributed by atoms with Crippen molar-refractivity contribution in [2.24, 2.45) is 0 Å². The highest BCUT2D eigenvalue weighted by Crippen LogP contribution is 2.34. The Hall–Kier alpha value is -3.03. The molecule has 0 aliphatic heterocycles. The molecule has 27 heavy (non-hydrogen) atoms. The van der Waals surface area contributed by atoms with E-state index in [9.17, 15) is 22.8 Å². The van der Waals surface area contributed by atoms with E-state index in [0.29, 0.717) is 17.8 Å². The molecular formula is C19H20F3N3O2. The van der Waals surface area contributed by atoms with Crippen molar-refractivity contribution < 1.29 is 22.8 Å². The monoisotopic (exact) mass is 379 g/mol. The van der Waals surface area contributed by atoms with E-state index >= 15 is 0 Å². The van der Waals surface area contributed by atoms with Crippen molar-refractivity contribution in [2.45, 2.75) is 26.4 Å². The maximum atomic E-state index is 13.0. The SMILES string of the molecule is CCC(=O)Nc1cccc(NCC(=O)Nc2ccccc2C(F)(F)F)c1C. The van der Waals surface area contributed by atoms with Gasteiger partial charge in [-0.2, -0.15) is 13.2 Å². The minimum absolute atomic E-state index is 0.142. The Balaban J connectivity index is 2.05. The molecule has 8 heteroatoms. The fourth-order valence-corrected chi connectivity index (χ4v) is 2.41. The number of para-hydroxylation sites is 1. The molecule has 0 spiro atoms. The van der Waals surface area contributed by atoms with Crippen molar-refractivity contribution in [2.75, 3.05) is 22.5 Å². The number of benzene rings is 2.